The summed E-state index contributed by atoms with van der Waals surface area (Å²) < 4.78 is 59.4. The standard InChI is InChI=1S/C39H53N3O10S2/c1-5-7-18-39(6-2)24-54(49,50)32-17-16-29(42(3)4)21-30(32)33(37(39)45)26-14-11-15-28(19-26)40-38(46)41-31-20-27(23-52-53(47)48)34(43)36(35(31)44)51-22-25-12-9-8-10-13-25/h8-17,19,21,27,31,33-37,43-45H,5-7,18,20,22-24H2,1-4H3,(H,47,48)(H2,40,41,46)/t27-,31-,33-,34-,35+,36+,37-,39-/m1/s1. The van der Waals surface area contributed by atoms with Gasteiger partial charge in [-0.1, -0.05) is 69.2 Å². The Labute approximate surface area is 320 Å². The fraction of sp³-hybridized carbons (Fsp3) is 0.513. The van der Waals surface area contributed by atoms with Crippen LogP contribution in [-0.2, 0) is 36.7 Å². The highest BCUT2D eigenvalue weighted by Gasteiger charge is 2.49. The monoisotopic (exact) mass is 787 g/mol. The molecular formula is C39H53N3O10S2. The van der Waals surface area contributed by atoms with E-state index >= 15 is 0 Å². The van der Waals surface area contributed by atoms with Crippen molar-refractivity contribution in [2.24, 2.45) is 11.3 Å². The zero-order valence-corrected chi connectivity index (χ0v) is 32.8. The molecule has 3 aromatic carbocycles. The van der Waals surface area contributed by atoms with Gasteiger partial charge in [-0.25, -0.2) is 13.2 Å². The van der Waals surface area contributed by atoms with Gasteiger partial charge in [-0.3, -0.25) is 8.74 Å². The van der Waals surface area contributed by atoms with Crippen LogP contribution in [0.3, 0.4) is 0 Å². The second-order valence-electron chi connectivity index (χ2n) is 14.7. The summed E-state index contributed by atoms with van der Waals surface area (Å²) in [4.78, 5) is 15.6. The van der Waals surface area contributed by atoms with E-state index in [1.807, 2.05) is 75.3 Å². The molecule has 0 bridgehead atoms. The number of amides is 2. The molecule has 1 unspecified atom stereocenters. The predicted molar refractivity (Wildman–Crippen MR) is 207 cm³/mol. The Balaban J connectivity index is 1.43. The average molecular weight is 788 g/mol. The van der Waals surface area contributed by atoms with Gasteiger partial charge in [0.15, 0.2) is 9.84 Å². The Morgan fingerprint density at radius 3 is 2.41 bits per heavy atom. The summed E-state index contributed by atoms with van der Waals surface area (Å²) in [6.45, 7) is 3.70. The number of fused-ring (bicyclic) bond motifs is 1. The van der Waals surface area contributed by atoms with Crippen molar-refractivity contribution >= 4 is 38.6 Å². The number of carbonyl (C=O) groups excluding carboxylic acids is 1. The topological polar surface area (TPSA) is 195 Å². The van der Waals surface area contributed by atoms with E-state index in [9.17, 15) is 37.3 Å². The molecule has 1 aliphatic heterocycles. The quantitative estimate of drug-likeness (QED) is 0.125. The van der Waals surface area contributed by atoms with Crippen molar-refractivity contribution in [2.45, 2.75) is 93.8 Å². The molecule has 0 radical (unpaired) electrons. The zero-order chi connectivity index (χ0) is 39.2. The molecular weight excluding hydrogens is 735 g/mol. The van der Waals surface area contributed by atoms with Gasteiger partial charge in [-0.15, -0.1) is 0 Å². The number of aliphatic hydroxyl groups excluding tert-OH is 3. The van der Waals surface area contributed by atoms with Gasteiger partial charge in [0.05, 0.1) is 42.1 Å². The molecule has 9 atom stereocenters. The fourth-order valence-corrected chi connectivity index (χ4v) is 10.4. The van der Waals surface area contributed by atoms with Crippen LogP contribution in [0.5, 0.6) is 0 Å². The normalized spacial score (nSPS) is 28.3. The number of aliphatic hydroxyl groups is 3. The third kappa shape index (κ3) is 9.51. The first-order valence-corrected chi connectivity index (χ1v) is 21.0. The lowest BCUT2D eigenvalue weighted by molar-refractivity contribution is -0.159. The minimum atomic E-state index is -3.79. The maximum Gasteiger partial charge on any atom is 0.319 e. The van der Waals surface area contributed by atoms with E-state index in [-0.39, 0.29) is 30.3 Å². The number of anilines is 2. The van der Waals surface area contributed by atoms with Gasteiger partial charge in [0.25, 0.3) is 0 Å². The molecule has 2 amide bonds. The number of carbonyl (C=O) groups is 1. The third-order valence-corrected chi connectivity index (χ3v) is 13.3. The van der Waals surface area contributed by atoms with Crippen molar-refractivity contribution < 1.29 is 46.2 Å². The van der Waals surface area contributed by atoms with Crippen LogP contribution in [0.2, 0.25) is 0 Å². The number of benzene rings is 3. The summed E-state index contributed by atoms with van der Waals surface area (Å²) in [6.07, 6.45) is -2.22. The second kappa shape index (κ2) is 18.0. The lowest BCUT2D eigenvalue weighted by Crippen LogP contribution is -2.61. The largest absolute Gasteiger partial charge is 0.392 e. The zero-order valence-electron chi connectivity index (χ0n) is 31.1. The van der Waals surface area contributed by atoms with Gasteiger partial charge in [-0.2, -0.15) is 4.21 Å². The van der Waals surface area contributed by atoms with Gasteiger partial charge in [-0.05, 0) is 66.3 Å². The number of ether oxygens (including phenoxy) is 1. The van der Waals surface area contributed by atoms with Gasteiger partial charge >= 0.3 is 17.4 Å². The Hall–Kier alpha value is -3.41. The molecule has 1 saturated carbocycles. The van der Waals surface area contributed by atoms with E-state index in [1.165, 1.54) is 0 Å². The van der Waals surface area contributed by atoms with Crippen molar-refractivity contribution in [2.75, 3.05) is 36.7 Å². The molecule has 54 heavy (non-hydrogen) atoms. The third-order valence-electron chi connectivity index (χ3n) is 10.9. The smallest absolute Gasteiger partial charge is 0.319 e. The molecule has 0 spiro atoms. The van der Waals surface area contributed by atoms with Gasteiger partial charge in [0.1, 0.15) is 12.2 Å². The van der Waals surface area contributed by atoms with Crippen LogP contribution < -0.4 is 15.5 Å². The minimum Gasteiger partial charge on any atom is -0.392 e. The van der Waals surface area contributed by atoms with Crippen LogP contribution in [0.4, 0.5) is 16.2 Å². The van der Waals surface area contributed by atoms with Crippen LogP contribution in [0.15, 0.2) is 77.7 Å². The van der Waals surface area contributed by atoms with Gasteiger partial charge in [0, 0.05) is 42.7 Å². The van der Waals surface area contributed by atoms with Crippen LogP contribution in [0, 0.1) is 11.3 Å². The van der Waals surface area contributed by atoms with Crippen molar-refractivity contribution in [3.63, 3.8) is 0 Å². The van der Waals surface area contributed by atoms with Gasteiger partial charge in [0.2, 0.25) is 0 Å². The van der Waals surface area contributed by atoms with E-state index < -0.39 is 74.9 Å². The lowest BCUT2D eigenvalue weighted by atomic mass is 9.69. The highest BCUT2D eigenvalue weighted by molar-refractivity contribution is 7.91. The average Bonchev–Trinajstić information content (AvgIpc) is 3.21. The predicted octanol–water partition coefficient (Wildman–Crippen LogP) is 4.59. The molecule has 2 aliphatic rings. The number of hydrogen-bond donors (Lipinski definition) is 6. The number of nitrogens with one attached hydrogen (secondary N) is 2. The summed E-state index contributed by atoms with van der Waals surface area (Å²) in [7, 11) is -0.0585. The molecule has 0 saturated heterocycles. The molecule has 0 aromatic heterocycles. The van der Waals surface area contributed by atoms with Crippen LogP contribution in [0.1, 0.15) is 68.6 Å². The molecule has 15 heteroatoms. The van der Waals surface area contributed by atoms with Crippen LogP contribution in [-0.4, -0.2) is 95.4 Å². The Kier molecular flexibility index (Phi) is 13.9. The first-order chi connectivity index (χ1) is 25.7. The first-order valence-electron chi connectivity index (χ1n) is 18.3. The van der Waals surface area contributed by atoms with E-state index in [1.54, 1.807) is 30.3 Å². The fourth-order valence-electron chi connectivity index (χ4n) is 7.87. The maximum atomic E-state index is 14.0. The molecule has 5 rings (SSSR count). The number of urea groups is 1. The van der Waals surface area contributed by atoms with Crippen molar-refractivity contribution in [1.82, 2.24) is 5.32 Å². The molecule has 6 N–H and O–H groups in total. The lowest BCUT2D eigenvalue weighted by Gasteiger charge is -2.42. The molecule has 13 nitrogen and oxygen atoms in total. The summed E-state index contributed by atoms with van der Waals surface area (Å²) in [5.41, 5.74) is 2.14. The van der Waals surface area contributed by atoms with E-state index in [4.69, 9.17) is 8.92 Å². The molecule has 1 fully saturated rings. The second-order valence-corrected chi connectivity index (χ2v) is 17.3. The summed E-state index contributed by atoms with van der Waals surface area (Å²) in [5.74, 6) is -1.68. The Morgan fingerprint density at radius 2 is 1.74 bits per heavy atom. The van der Waals surface area contributed by atoms with Crippen molar-refractivity contribution in [1.29, 1.82) is 0 Å². The Bertz CT molecular complexity index is 1860. The number of nitrogens with zero attached hydrogens (tertiary/aromatic N) is 1. The Morgan fingerprint density at radius 1 is 1.00 bits per heavy atom. The summed E-state index contributed by atoms with van der Waals surface area (Å²) in [6, 6.07) is 19.7. The van der Waals surface area contributed by atoms with E-state index in [2.05, 4.69) is 10.6 Å². The van der Waals surface area contributed by atoms with Crippen LogP contribution >= 0.6 is 0 Å². The van der Waals surface area contributed by atoms with Gasteiger partial charge < -0.3 is 35.6 Å². The molecule has 1 aliphatic carbocycles. The number of sulfone groups is 1. The minimum absolute atomic E-state index is 0.0166. The highest BCUT2D eigenvalue weighted by atomic mass is 32.2. The van der Waals surface area contributed by atoms with Crippen molar-refractivity contribution in [3.05, 3.63) is 89.5 Å². The number of rotatable bonds is 14. The molecule has 3 aromatic rings. The highest BCUT2D eigenvalue weighted by Crippen LogP contribution is 2.49. The summed E-state index contributed by atoms with van der Waals surface area (Å²) in [5, 5.41) is 40.4. The van der Waals surface area contributed by atoms with Crippen LogP contribution in [0.25, 0.3) is 0 Å². The van der Waals surface area contributed by atoms with Crippen molar-refractivity contribution in [3.8, 4) is 0 Å². The first kappa shape index (κ1) is 41.7. The van der Waals surface area contributed by atoms with E-state index in [0.29, 0.717) is 29.7 Å². The maximum absolute atomic E-state index is 14.0. The molecule has 1 heterocycles. The number of hydrogen-bond acceptors (Lipinski definition) is 10. The number of unbranched alkanes of at least 4 members (excludes halogenated alkanes) is 1. The summed E-state index contributed by atoms with van der Waals surface area (Å²) >= 11 is -2.59. The molecule has 296 valence electrons. The van der Waals surface area contributed by atoms with E-state index in [0.717, 1.165) is 24.1 Å². The SMILES string of the molecule is CCCC[C@]1(CC)CS(=O)(=O)c2ccc(N(C)C)cc2[C@@H](c2cccc(NC(=O)N[C@@H]3C[C@H](COS(=O)O)[C@@H](O)[C@H](OCc4ccccc4)[C@H]3O)c2)[C@H]1O.